The van der Waals surface area contributed by atoms with Crippen molar-refractivity contribution in [2.45, 2.75) is 19.8 Å². The highest BCUT2D eigenvalue weighted by atomic mass is 19.1. The molecule has 2 N–H and O–H groups in total. The van der Waals surface area contributed by atoms with Gasteiger partial charge in [0.2, 0.25) is 11.6 Å². The minimum Gasteiger partial charge on any atom is -0.334 e. The summed E-state index contributed by atoms with van der Waals surface area (Å²) in [6.07, 6.45) is 1.09. The van der Waals surface area contributed by atoms with Gasteiger partial charge in [0.25, 0.3) is 0 Å². The molecular weight excluding hydrogens is 368 g/mol. The van der Waals surface area contributed by atoms with E-state index in [0.717, 1.165) is 30.1 Å². The van der Waals surface area contributed by atoms with Gasteiger partial charge in [0.1, 0.15) is 18.0 Å². The largest absolute Gasteiger partial charge is 0.353 e. The maximum Gasteiger partial charge on any atom is 0.353 e. The molecule has 7 nitrogen and oxygen atoms in total. The first-order valence-electron chi connectivity index (χ1n) is 8.43. The van der Waals surface area contributed by atoms with Crippen LogP contribution in [0, 0.1) is 21.7 Å². The van der Waals surface area contributed by atoms with Gasteiger partial charge in [-0.3, -0.25) is 10.1 Å². The molecule has 0 spiro atoms. The van der Waals surface area contributed by atoms with E-state index in [1.54, 1.807) is 12.1 Å². The Morgan fingerprint density at radius 1 is 1.00 bits per heavy atom. The van der Waals surface area contributed by atoms with Crippen LogP contribution < -0.4 is 10.6 Å². The average Bonchev–Trinajstić information content (AvgIpc) is 2.65. The smallest absolute Gasteiger partial charge is 0.334 e. The Balaban J connectivity index is 1.95. The molecule has 0 aliphatic carbocycles. The molecule has 9 heteroatoms. The number of nitrogens with one attached hydrogen (secondary N) is 2. The van der Waals surface area contributed by atoms with Crippen molar-refractivity contribution in [1.82, 2.24) is 9.97 Å². The van der Waals surface area contributed by atoms with Gasteiger partial charge < -0.3 is 10.6 Å². The van der Waals surface area contributed by atoms with Crippen LogP contribution in [0.3, 0.4) is 0 Å². The SMILES string of the molecule is CC(C)c1ccc(Nc2ncnc(Nc3cc(F)ccc3F)c2[N+](=O)[O-])cc1. The topological polar surface area (TPSA) is 93.0 Å². The van der Waals surface area contributed by atoms with Crippen LogP contribution in [-0.4, -0.2) is 14.9 Å². The molecule has 28 heavy (non-hydrogen) atoms. The van der Waals surface area contributed by atoms with Crippen molar-refractivity contribution in [2.24, 2.45) is 0 Å². The summed E-state index contributed by atoms with van der Waals surface area (Å²) >= 11 is 0. The van der Waals surface area contributed by atoms with Gasteiger partial charge in [-0.15, -0.1) is 0 Å². The van der Waals surface area contributed by atoms with Crippen LogP contribution in [0.2, 0.25) is 0 Å². The molecule has 0 unspecified atom stereocenters. The first-order valence-corrected chi connectivity index (χ1v) is 8.43. The van der Waals surface area contributed by atoms with E-state index in [-0.39, 0.29) is 17.3 Å². The first-order chi connectivity index (χ1) is 13.3. The molecule has 0 saturated heterocycles. The molecule has 0 atom stereocenters. The molecule has 0 amide bonds. The Labute approximate surface area is 159 Å². The maximum absolute atomic E-state index is 13.9. The van der Waals surface area contributed by atoms with Gasteiger partial charge >= 0.3 is 5.69 Å². The Morgan fingerprint density at radius 2 is 1.64 bits per heavy atom. The summed E-state index contributed by atoms with van der Waals surface area (Å²) < 4.78 is 27.3. The summed E-state index contributed by atoms with van der Waals surface area (Å²) in [5.74, 6) is -1.45. The van der Waals surface area contributed by atoms with Crippen LogP contribution in [0.5, 0.6) is 0 Å². The minimum absolute atomic E-state index is 0.0726. The summed E-state index contributed by atoms with van der Waals surface area (Å²) in [6.45, 7) is 4.11. The number of hydrogen-bond acceptors (Lipinski definition) is 6. The summed E-state index contributed by atoms with van der Waals surface area (Å²) in [5, 5.41) is 16.9. The lowest BCUT2D eigenvalue weighted by atomic mass is 10.0. The standard InChI is InChI=1S/C19H17F2N5O2/c1-11(2)12-3-6-14(7-4-12)24-18-17(26(27)28)19(23-10-22-18)25-16-9-13(20)5-8-15(16)21/h3-11H,1-2H3,(H2,22,23,24,25). The monoisotopic (exact) mass is 385 g/mol. The number of aromatic nitrogens is 2. The molecule has 2 aromatic carbocycles. The third kappa shape index (κ3) is 4.20. The number of anilines is 4. The van der Waals surface area contributed by atoms with Crippen LogP contribution in [0.15, 0.2) is 48.8 Å². The highest BCUT2D eigenvalue weighted by molar-refractivity contribution is 5.76. The van der Waals surface area contributed by atoms with Crippen molar-refractivity contribution < 1.29 is 13.7 Å². The zero-order valence-corrected chi connectivity index (χ0v) is 15.1. The predicted octanol–water partition coefficient (Wildman–Crippen LogP) is 5.27. The molecule has 0 saturated carbocycles. The summed E-state index contributed by atoms with van der Waals surface area (Å²) in [7, 11) is 0. The van der Waals surface area contributed by atoms with Crippen molar-refractivity contribution in [3.63, 3.8) is 0 Å². The maximum atomic E-state index is 13.9. The van der Waals surface area contributed by atoms with Gasteiger partial charge in [-0.05, 0) is 35.7 Å². The van der Waals surface area contributed by atoms with Crippen LogP contribution in [-0.2, 0) is 0 Å². The molecule has 0 fully saturated rings. The van der Waals surface area contributed by atoms with Crippen molar-refractivity contribution in [3.8, 4) is 0 Å². The lowest BCUT2D eigenvalue weighted by Crippen LogP contribution is -2.06. The first kappa shape index (κ1) is 19.2. The van der Waals surface area contributed by atoms with E-state index in [4.69, 9.17) is 0 Å². The molecule has 0 radical (unpaired) electrons. The Kier molecular flexibility index (Phi) is 5.44. The second-order valence-corrected chi connectivity index (χ2v) is 6.33. The highest BCUT2D eigenvalue weighted by Crippen LogP contribution is 2.33. The van der Waals surface area contributed by atoms with Crippen LogP contribution in [0.1, 0.15) is 25.3 Å². The number of benzene rings is 2. The fourth-order valence-corrected chi connectivity index (χ4v) is 2.54. The molecule has 1 aromatic heterocycles. The van der Waals surface area contributed by atoms with Gasteiger partial charge in [-0.25, -0.2) is 18.7 Å². The molecule has 0 aliphatic heterocycles. The van der Waals surface area contributed by atoms with E-state index in [1.165, 1.54) is 0 Å². The van der Waals surface area contributed by atoms with E-state index in [2.05, 4.69) is 34.4 Å². The van der Waals surface area contributed by atoms with E-state index < -0.39 is 22.2 Å². The molecular formula is C19H17F2N5O2. The van der Waals surface area contributed by atoms with Crippen molar-refractivity contribution in [2.75, 3.05) is 10.6 Å². The normalized spacial score (nSPS) is 10.8. The highest BCUT2D eigenvalue weighted by Gasteiger charge is 2.24. The fourth-order valence-electron chi connectivity index (χ4n) is 2.54. The molecule has 1 heterocycles. The Hall–Kier alpha value is -3.62. The summed E-state index contributed by atoms with van der Waals surface area (Å²) in [4.78, 5) is 18.6. The third-order valence-corrected chi connectivity index (χ3v) is 4.03. The van der Waals surface area contributed by atoms with Gasteiger partial charge in [-0.2, -0.15) is 0 Å². The van der Waals surface area contributed by atoms with E-state index in [1.807, 2.05) is 12.1 Å². The summed E-state index contributed by atoms with van der Waals surface area (Å²) in [6, 6.07) is 10.1. The van der Waals surface area contributed by atoms with Gasteiger partial charge in [0.15, 0.2) is 0 Å². The molecule has 0 bridgehead atoms. The number of hydrogen-bond donors (Lipinski definition) is 2. The second kappa shape index (κ2) is 7.95. The van der Waals surface area contributed by atoms with E-state index in [9.17, 15) is 18.9 Å². The van der Waals surface area contributed by atoms with Crippen LogP contribution in [0.25, 0.3) is 0 Å². The zero-order chi connectivity index (χ0) is 20.3. The summed E-state index contributed by atoms with van der Waals surface area (Å²) in [5.41, 5.74) is 0.953. The van der Waals surface area contributed by atoms with E-state index in [0.29, 0.717) is 11.6 Å². The number of nitro groups is 1. The number of nitrogens with zero attached hydrogens (tertiary/aromatic N) is 3. The van der Waals surface area contributed by atoms with Crippen molar-refractivity contribution in [3.05, 3.63) is 76.1 Å². The molecule has 0 aliphatic rings. The van der Waals surface area contributed by atoms with Crippen LogP contribution >= 0.6 is 0 Å². The molecule has 3 aromatic rings. The van der Waals surface area contributed by atoms with Crippen molar-refractivity contribution >= 4 is 28.7 Å². The molecule has 3 rings (SSSR count). The van der Waals surface area contributed by atoms with Gasteiger partial charge in [-0.1, -0.05) is 26.0 Å². The lowest BCUT2D eigenvalue weighted by Gasteiger charge is -2.11. The third-order valence-electron chi connectivity index (χ3n) is 4.03. The van der Waals surface area contributed by atoms with Crippen LogP contribution in [0.4, 0.5) is 37.5 Å². The number of halogens is 2. The average molecular weight is 385 g/mol. The quantitative estimate of drug-likeness (QED) is 0.443. The molecule has 144 valence electrons. The lowest BCUT2D eigenvalue weighted by molar-refractivity contribution is -0.383. The Bertz CT molecular complexity index is 1010. The fraction of sp³-hybridized carbons (Fsp3) is 0.158. The number of rotatable bonds is 6. The second-order valence-electron chi connectivity index (χ2n) is 6.33. The Morgan fingerprint density at radius 3 is 2.25 bits per heavy atom. The van der Waals surface area contributed by atoms with Crippen molar-refractivity contribution in [1.29, 1.82) is 0 Å². The van der Waals surface area contributed by atoms with Gasteiger partial charge in [0, 0.05) is 11.8 Å². The zero-order valence-electron chi connectivity index (χ0n) is 15.1. The predicted molar refractivity (Wildman–Crippen MR) is 102 cm³/mol. The van der Waals surface area contributed by atoms with Gasteiger partial charge in [0.05, 0.1) is 10.6 Å². The minimum atomic E-state index is -0.770. The van der Waals surface area contributed by atoms with E-state index >= 15 is 0 Å².